The van der Waals surface area contributed by atoms with Crippen molar-refractivity contribution < 1.29 is 9.84 Å². The maximum absolute atomic E-state index is 10.5. The monoisotopic (exact) mass is 218 g/mol. The fourth-order valence-electron chi connectivity index (χ4n) is 1.56. The molecule has 0 amide bonds. The second-order valence-electron chi connectivity index (χ2n) is 3.66. The minimum Gasteiger partial charge on any atom is -0.378 e. The number of hydrogen-bond acceptors (Lipinski definition) is 2. The normalized spacial score (nSPS) is 16.1. The van der Waals surface area contributed by atoms with E-state index in [0.29, 0.717) is 6.61 Å². The van der Waals surface area contributed by atoms with Crippen LogP contribution in [0.1, 0.15) is 12.5 Å². The molecule has 0 unspecified atom stereocenters. The fraction of sp³-hybridized carbons (Fsp3) is 0.286. The van der Waals surface area contributed by atoms with Gasteiger partial charge in [0.1, 0.15) is 5.60 Å². The van der Waals surface area contributed by atoms with E-state index in [4.69, 9.17) is 4.74 Å². The molecule has 1 aromatic carbocycles. The maximum atomic E-state index is 10.5. The zero-order chi connectivity index (χ0) is 12.0. The minimum atomic E-state index is -1.16. The van der Waals surface area contributed by atoms with E-state index in [0.717, 1.165) is 5.56 Å². The molecule has 0 aliphatic rings. The third-order valence-corrected chi connectivity index (χ3v) is 2.63. The number of hydrogen-bond donors (Lipinski definition) is 1. The van der Waals surface area contributed by atoms with Crippen LogP contribution in [0.25, 0.3) is 0 Å². The van der Waals surface area contributed by atoms with E-state index in [2.05, 4.69) is 13.2 Å². The van der Waals surface area contributed by atoms with Crippen LogP contribution < -0.4 is 0 Å². The number of ether oxygens (including phenoxy) is 1. The van der Waals surface area contributed by atoms with Crippen molar-refractivity contribution in [1.29, 1.82) is 0 Å². The average molecular weight is 218 g/mol. The molecular formula is C14H18O2. The van der Waals surface area contributed by atoms with E-state index in [-0.39, 0.29) is 6.10 Å². The summed E-state index contributed by atoms with van der Waals surface area (Å²) < 4.78 is 5.46. The topological polar surface area (TPSA) is 29.5 Å². The number of rotatable bonds is 6. The van der Waals surface area contributed by atoms with E-state index in [1.807, 2.05) is 37.3 Å². The van der Waals surface area contributed by atoms with Gasteiger partial charge in [-0.1, -0.05) is 49.1 Å². The van der Waals surface area contributed by atoms with Crippen LogP contribution in [-0.4, -0.2) is 17.8 Å². The molecule has 0 bridgehead atoms. The highest BCUT2D eigenvalue weighted by Crippen LogP contribution is 2.28. The van der Waals surface area contributed by atoms with Gasteiger partial charge in [0.15, 0.2) is 0 Å². The molecule has 1 rings (SSSR count). The first-order valence-electron chi connectivity index (χ1n) is 5.29. The highest BCUT2D eigenvalue weighted by atomic mass is 16.5. The molecule has 2 nitrogen and oxygen atoms in total. The summed E-state index contributed by atoms with van der Waals surface area (Å²) in [6.45, 7) is 9.49. The van der Waals surface area contributed by atoms with Gasteiger partial charge in [-0.3, -0.25) is 0 Å². The van der Waals surface area contributed by atoms with Gasteiger partial charge in [0, 0.05) is 0 Å². The van der Waals surface area contributed by atoms with Gasteiger partial charge in [-0.05, 0) is 12.5 Å². The van der Waals surface area contributed by atoms with Crippen molar-refractivity contribution in [3.8, 4) is 0 Å². The quantitative estimate of drug-likeness (QED) is 0.744. The Hall–Kier alpha value is -1.38. The molecule has 0 saturated heterocycles. The van der Waals surface area contributed by atoms with Crippen LogP contribution in [0.5, 0.6) is 0 Å². The van der Waals surface area contributed by atoms with Gasteiger partial charge in [0.05, 0.1) is 12.7 Å². The van der Waals surface area contributed by atoms with E-state index in [1.165, 1.54) is 6.08 Å². The van der Waals surface area contributed by atoms with Gasteiger partial charge >= 0.3 is 0 Å². The highest BCUT2D eigenvalue weighted by molar-refractivity contribution is 5.28. The first-order chi connectivity index (χ1) is 7.65. The van der Waals surface area contributed by atoms with Gasteiger partial charge in [-0.25, -0.2) is 0 Å². The molecule has 0 saturated carbocycles. The first-order valence-corrected chi connectivity index (χ1v) is 5.29. The van der Waals surface area contributed by atoms with Gasteiger partial charge in [0.25, 0.3) is 0 Å². The molecule has 0 heterocycles. The molecule has 0 spiro atoms. The van der Waals surface area contributed by atoms with E-state index in [1.54, 1.807) is 6.08 Å². The van der Waals surface area contributed by atoms with E-state index < -0.39 is 5.60 Å². The van der Waals surface area contributed by atoms with Crippen LogP contribution in [0, 0.1) is 0 Å². The average Bonchev–Trinajstić information content (AvgIpc) is 2.35. The molecule has 0 fully saturated rings. The Morgan fingerprint density at radius 3 is 2.50 bits per heavy atom. The molecule has 0 aliphatic carbocycles. The third-order valence-electron chi connectivity index (χ3n) is 2.63. The van der Waals surface area contributed by atoms with Crippen molar-refractivity contribution in [2.24, 2.45) is 0 Å². The van der Waals surface area contributed by atoms with Crippen molar-refractivity contribution in [3.05, 3.63) is 61.2 Å². The minimum absolute atomic E-state index is 0.370. The molecule has 0 aromatic heterocycles. The second kappa shape index (κ2) is 5.64. The Morgan fingerprint density at radius 2 is 2.00 bits per heavy atom. The van der Waals surface area contributed by atoms with Gasteiger partial charge < -0.3 is 9.84 Å². The molecule has 2 heteroatoms. The molecule has 86 valence electrons. The summed E-state index contributed by atoms with van der Waals surface area (Å²) in [6.07, 6.45) is 2.80. The van der Waals surface area contributed by atoms with Gasteiger partial charge in [-0.15, -0.1) is 6.58 Å². The van der Waals surface area contributed by atoms with Crippen LogP contribution in [0.2, 0.25) is 0 Å². The van der Waals surface area contributed by atoms with Crippen LogP contribution in [0.15, 0.2) is 55.6 Å². The molecule has 0 aliphatic heterocycles. The Morgan fingerprint density at radius 1 is 1.38 bits per heavy atom. The van der Waals surface area contributed by atoms with E-state index in [9.17, 15) is 5.11 Å². The molecular weight excluding hydrogens is 200 g/mol. The molecule has 1 N–H and O–H groups in total. The van der Waals surface area contributed by atoms with Crippen molar-refractivity contribution in [1.82, 2.24) is 0 Å². The second-order valence-corrected chi connectivity index (χ2v) is 3.66. The fourth-order valence-corrected chi connectivity index (χ4v) is 1.56. The Kier molecular flexibility index (Phi) is 4.47. The lowest BCUT2D eigenvalue weighted by atomic mass is 9.89. The van der Waals surface area contributed by atoms with E-state index >= 15 is 0 Å². The van der Waals surface area contributed by atoms with Crippen molar-refractivity contribution >= 4 is 0 Å². The number of benzene rings is 1. The lowest BCUT2D eigenvalue weighted by molar-refractivity contribution is -0.0674. The van der Waals surface area contributed by atoms with Gasteiger partial charge in [-0.2, -0.15) is 0 Å². The molecule has 16 heavy (non-hydrogen) atoms. The molecule has 1 aromatic rings. The summed E-state index contributed by atoms with van der Waals surface area (Å²) >= 11 is 0. The molecule has 0 radical (unpaired) electrons. The lowest BCUT2D eigenvalue weighted by Gasteiger charge is -2.31. The molecule has 2 atom stereocenters. The standard InChI is InChI=1S/C14H18O2/c1-4-11-16-12(3)14(15,5-2)13-9-7-6-8-10-13/h4-10,12,15H,1-2,11H2,3H3/t12-,14+/m0/s1. The van der Waals surface area contributed by atoms with Crippen molar-refractivity contribution in [2.75, 3.05) is 6.61 Å². The van der Waals surface area contributed by atoms with Crippen LogP contribution in [0.4, 0.5) is 0 Å². The summed E-state index contributed by atoms with van der Waals surface area (Å²) in [6, 6.07) is 9.38. The maximum Gasteiger partial charge on any atom is 0.133 e. The zero-order valence-electron chi connectivity index (χ0n) is 9.60. The largest absolute Gasteiger partial charge is 0.378 e. The number of aliphatic hydroxyl groups is 1. The summed E-state index contributed by atoms with van der Waals surface area (Å²) in [7, 11) is 0. The SMILES string of the molecule is C=CCO[C@@H](C)[C@](O)(C=C)c1ccccc1. The zero-order valence-corrected chi connectivity index (χ0v) is 9.60. The summed E-state index contributed by atoms with van der Waals surface area (Å²) in [5.74, 6) is 0. The predicted molar refractivity (Wildman–Crippen MR) is 66.1 cm³/mol. The van der Waals surface area contributed by atoms with Crippen LogP contribution >= 0.6 is 0 Å². The van der Waals surface area contributed by atoms with Crippen molar-refractivity contribution in [2.45, 2.75) is 18.6 Å². The van der Waals surface area contributed by atoms with Crippen LogP contribution in [-0.2, 0) is 10.3 Å². The Labute approximate surface area is 96.9 Å². The Balaban J connectivity index is 2.93. The van der Waals surface area contributed by atoms with Crippen molar-refractivity contribution in [3.63, 3.8) is 0 Å². The highest BCUT2D eigenvalue weighted by Gasteiger charge is 2.32. The first kappa shape index (κ1) is 12.7. The van der Waals surface area contributed by atoms with Gasteiger partial charge in [0.2, 0.25) is 0 Å². The third kappa shape index (κ3) is 2.60. The van der Waals surface area contributed by atoms with Crippen LogP contribution in [0.3, 0.4) is 0 Å². The Bertz CT molecular complexity index is 345. The lowest BCUT2D eigenvalue weighted by Crippen LogP contribution is -2.37. The smallest absolute Gasteiger partial charge is 0.133 e. The summed E-state index contributed by atoms with van der Waals surface area (Å²) in [5, 5.41) is 10.5. The predicted octanol–water partition coefficient (Wildman–Crippen LogP) is 2.65. The summed E-state index contributed by atoms with van der Waals surface area (Å²) in [5.41, 5.74) is -0.383. The summed E-state index contributed by atoms with van der Waals surface area (Å²) in [4.78, 5) is 0.